The van der Waals surface area contributed by atoms with E-state index in [0.717, 1.165) is 45.8 Å². The maximum absolute atomic E-state index is 14.1. The molecule has 4 aromatic rings. The van der Waals surface area contributed by atoms with E-state index in [1.165, 1.54) is 11.0 Å². The second-order valence-corrected chi connectivity index (χ2v) is 22.1. The summed E-state index contributed by atoms with van der Waals surface area (Å²) in [5.74, 6) is -0.344. The highest BCUT2D eigenvalue weighted by molar-refractivity contribution is 7.13. The Morgan fingerprint density at radius 2 is 1.68 bits per heavy atom. The van der Waals surface area contributed by atoms with Crippen molar-refractivity contribution in [2.75, 3.05) is 66.8 Å². The number of thiazole rings is 1. The number of benzene rings is 3. The molecule has 2 saturated heterocycles. The number of aryl methyl sites for hydroxylation is 1. The van der Waals surface area contributed by atoms with Gasteiger partial charge >= 0.3 is 0 Å². The fourth-order valence-corrected chi connectivity index (χ4v) is 11.0. The van der Waals surface area contributed by atoms with Gasteiger partial charge in [0.25, 0.3) is 5.91 Å². The van der Waals surface area contributed by atoms with E-state index in [2.05, 4.69) is 37.7 Å². The SMILES string of the molecule is C=CC(=O)Nc1cccc(N2C(=O)C=C(C)C3CN=C(Nc4ccc(N5CCN(C(=O)CCCCCCC(=O)N[C@H](C(=O)N6C[C@H](O)C[C@H]6C(=O)NCc6ccc(-c7scnc7C)cc6)C(C)(C)C)CC5)cc4OC)N=C32)c1. The van der Waals surface area contributed by atoms with E-state index in [-0.39, 0.29) is 61.4 Å². The number of hydrogen-bond acceptors (Lipinski definition) is 14. The number of piperazine rings is 1. The summed E-state index contributed by atoms with van der Waals surface area (Å²) >= 11 is 1.57. The number of β-amino-alcohol motifs (C(OH)–C–C–N with tert-alkyl or cyclic N) is 1. The molecular weight excluding hydrogens is 1010 g/mol. The number of fused-ring (bicyclic) bond motifs is 1. The van der Waals surface area contributed by atoms with Crippen molar-refractivity contribution in [3.8, 4) is 16.2 Å². The van der Waals surface area contributed by atoms with Gasteiger partial charge in [0.05, 0.1) is 53.1 Å². The van der Waals surface area contributed by atoms with Gasteiger partial charge in [0.15, 0.2) is 0 Å². The third-order valence-corrected chi connectivity index (χ3v) is 15.5. The number of amidine groups is 1. The number of nitrogens with one attached hydrogen (secondary N) is 4. The van der Waals surface area contributed by atoms with Gasteiger partial charge in [-0.15, -0.1) is 11.3 Å². The fourth-order valence-electron chi connectivity index (χ4n) is 10.2. The zero-order valence-corrected chi connectivity index (χ0v) is 46.2. The lowest BCUT2D eigenvalue weighted by atomic mass is 9.85. The number of nitrogens with zero attached hydrogens (tertiary/aromatic N) is 7. The van der Waals surface area contributed by atoms with Crippen LogP contribution in [0.25, 0.3) is 10.4 Å². The van der Waals surface area contributed by atoms with Crippen LogP contribution in [-0.2, 0) is 35.3 Å². The smallest absolute Gasteiger partial charge is 0.256 e. The molecule has 8 rings (SSSR count). The number of unbranched alkanes of at least 4 members (excludes halogenated alkanes) is 3. The van der Waals surface area contributed by atoms with Gasteiger partial charge in [-0.25, -0.2) is 9.98 Å². The van der Waals surface area contributed by atoms with Crippen LogP contribution in [0.3, 0.4) is 0 Å². The van der Waals surface area contributed by atoms with Gasteiger partial charge in [0, 0.05) is 82.0 Å². The normalized spacial score (nSPS) is 18.7. The molecule has 78 heavy (non-hydrogen) atoms. The first-order chi connectivity index (χ1) is 37.4. The van der Waals surface area contributed by atoms with E-state index in [9.17, 15) is 33.9 Å². The van der Waals surface area contributed by atoms with Crippen molar-refractivity contribution in [3.63, 3.8) is 0 Å². The van der Waals surface area contributed by atoms with Crippen molar-refractivity contribution in [1.29, 1.82) is 0 Å². The molecule has 5 N–H and O–H groups in total. The standard InChI is InChI=1S/C58H71N11O8S/c1-8-48(71)62-40-14-13-15-42(29-40)69-51(74)28-36(2)44-33-60-57(65-54(44)69)63-45-23-22-41(30-47(45)77-7)66-24-26-67(27-25-66)50(73)17-12-10-9-11-16-49(72)64-53(58(4,5)6)56(76)68-34-43(70)31-46(68)55(75)59-32-38-18-20-39(21-19-38)52-37(3)61-35-78-52/h8,13-15,18-23,28-30,35,43-44,46,53,70H,1,9-12,16-17,24-27,31-34H2,2-7H3,(H,59,75)(H,60,63)(H,62,71)(H,64,72)/t43-,44?,46+,53-/m1/s1. The first-order valence-electron chi connectivity index (χ1n) is 26.6. The summed E-state index contributed by atoms with van der Waals surface area (Å²) in [4.78, 5) is 102. The first kappa shape index (κ1) is 56.5. The van der Waals surface area contributed by atoms with E-state index in [4.69, 9.17) is 14.7 Å². The molecular formula is C58H71N11O8S. The van der Waals surface area contributed by atoms with E-state index >= 15 is 0 Å². The number of aliphatic hydroxyl groups excluding tert-OH is 1. The second kappa shape index (κ2) is 25.2. The number of hydrogen-bond donors (Lipinski definition) is 5. The lowest BCUT2D eigenvalue weighted by Crippen LogP contribution is -2.57. The Hall–Kier alpha value is -7.71. The van der Waals surface area contributed by atoms with Gasteiger partial charge in [-0.05, 0) is 79.6 Å². The number of aromatic nitrogens is 1. The molecule has 1 aromatic heterocycles. The van der Waals surface area contributed by atoms with Crippen molar-refractivity contribution < 1.29 is 38.6 Å². The minimum atomic E-state index is -0.907. The van der Waals surface area contributed by atoms with Crippen LogP contribution >= 0.6 is 11.3 Å². The lowest BCUT2D eigenvalue weighted by molar-refractivity contribution is -0.144. The molecule has 412 valence electrons. The zero-order chi connectivity index (χ0) is 55.7. The lowest BCUT2D eigenvalue weighted by Gasteiger charge is -2.36. The van der Waals surface area contributed by atoms with Gasteiger partial charge in [0.2, 0.25) is 35.5 Å². The molecule has 0 radical (unpaired) electrons. The van der Waals surface area contributed by atoms with Crippen LogP contribution in [0.5, 0.6) is 5.75 Å². The van der Waals surface area contributed by atoms with Crippen LogP contribution in [0.15, 0.2) is 107 Å². The van der Waals surface area contributed by atoms with Gasteiger partial charge in [-0.3, -0.25) is 33.7 Å². The molecule has 4 aliphatic rings. The second-order valence-electron chi connectivity index (χ2n) is 21.2. The summed E-state index contributed by atoms with van der Waals surface area (Å²) in [5.41, 5.74) is 7.56. The van der Waals surface area contributed by atoms with Gasteiger partial charge in [0.1, 0.15) is 23.7 Å². The number of carbonyl (C=O) groups is 6. The fraction of sp³-hybridized carbons (Fsp3) is 0.431. The Labute approximate surface area is 459 Å². The molecule has 20 heteroatoms. The Morgan fingerprint density at radius 1 is 0.936 bits per heavy atom. The number of rotatable bonds is 19. The molecule has 0 spiro atoms. The van der Waals surface area contributed by atoms with Crippen molar-refractivity contribution in [2.24, 2.45) is 21.3 Å². The zero-order valence-electron chi connectivity index (χ0n) is 45.3. The highest BCUT2D eigenvalue weighted by Crippen LogP contribution is 2.34. The van der Waals surface area contributed by atoms with Crippen molar-refractivity contribution in [1.82, 2.24) is 25.4 Å². The third-order valence-electron chi connectivity index (χ3n) is 14.5. The molecule has 4 aliphatic heterocycles. The molecule has 2 fully saturated rings. The Kier molecular flexibility index (Phi) is 18.2. The number of aliphatic imine (C=N–C) groups is 2. The maximum atomic E-state index is 14.1. The molecule has 3 aromatic carbocycles. The molecule has 6 amide bonds. The molecule has 1 unspecified atom stereocenters. The van der Waals surface area contributed by atoms with Gasteiger partial charge < -0.3 is 45.8 Å². The molecule has 19 nitrogen and oxygen atoms in total. The van der Waals surface area contributed by atoms with E-state index in [1.807, 2.05) is 87.5 Å². The topological polar surface area (TPSA) is 231 Å². The van der Waals surface area contributed by atoms with Crippen molar-refractivity contribution in [2.45, 2.75) is 104 Å². The first-order valence-corrected chi connectivity index (χ1v) is 27.5. The average Bonchev–Trinajstić information content (AvgIpc) is 4.08. The highest BCUT2D eigenvalue weighted by atomic mass is 32.1. The predicted molar refractivity (Wildman–Crippen MR) is 304 cm³/mol. The van der Waals surface area contributed by atoms with Gasteiger partial charge in [-0.2, -0.15) is 4.99 Å². The molecule has 5 heterocycles. The monoisotopic (exact) mass is 1080 g/mol. The Morgan fingerprint density at radius 3 is 2.37 bits per heavy atom. The Bertz CT molecular complexity index is 2990. The number of methoxy groups -OCH3 is 1. The Balaban J connectivity index is 0.758. The molecule has 4 atom stereocenters. The molecule has 0 aliphatic carbocycles. The number of ether oxygens (including phenoxy) is 1. The van der Waals surface area contributed by atoms with Crippen LogP contribution < -0.4 is 35.8 Å². The largest absolute Gasteiger partial charge is 0.494 e. The van der Waals surface area contributed by atoms with Crippen molar-refractivity contribution in [3.05, 3.63) is 108 Å². The van der Waals surface area contributed by atoms with Crippen LogP contribution in [0.1, 0.15) is 83.9 Å². The van der Waals surface area contributed by atoms with Crippen LogP contribution in [0.2, 0.25) is 0 Å². The summed E-state index contributed by atoms with van der Waals surface area (Å²) in [5, 5.41) is 22.6. The van der Waals surface area contributed by atoms with E-state index < -0.39 is 29.5 Å². The number of aliphatic hydroxyl groups is 1. The van der Waals surface area contributed by atoms with Crippen LogP contribution in [-0.4, -0.2) is 132 Å². The molecule has 0 saturated carbocycles. The van der Waals surface area contributed by atoms with Gasteiger partial charge in [-0.1, -0.05) is 76.1 Å². The third kappa shape index (κ3) is 13.7. The number of amides is 6. The van der Waals surface area contributed by atoms with E-state index in [0.29, 0.717) is 86.6 Å². The van der Waals surface area contributed by atoms with Crippen LogP contribution in [0.4, 0.5) is 22.7 Å². The van der Waals surface area contributed by atoms with E-state index in [1.54, 1.807) is 53.7 Å². The number of anilines is 4. The van der Waals surface area contributed by atoms with Crippen molar-refractivity contribution >= 4 is 81.3 Å². The predicted octanol–water partition coefficient (Wildman–Crippen LogP) is 6.84. The summed E-state index contributed by atoms with van der Waals surface area (Å²) in [7, 11) is 1.59. The summed E-state index contributed by atoms with van der Waals surface area (Å²) in [6, 6.07) is 18.9. The summed E-state index contributed by atoms with van der Waals surface area (Å²) in [6.07, 6.45) is 5.44. The highest BCUT2D eigenvalue weighted by Gasteiger charge is 2.44. The minimum Gasteiger partial charge on any atom is -0.494 e. The number of guanidine groups is 1. The summed E-state index contributed by atoms with van der Waals surface area (Å²) in [6.45, 7) is 16.0. The average molecular weight is 1080 g/mol. The maximum Gasteiger partial charge on any atom is 0.256 e. The quantitative estimate of drug-likeness (QED) is 0.0482. The number of likely N-dealkylation sites (tertiary alicyclic amines) is 1. The van der Waals surface area contributed by atoms with Crippen LogP contribution in [0, 0.1) is 18.3 Å². The summed E-state index contributed by atoms with van der Waals surface area (Å²) < 4.78 is 5.82. The number of carbonyl (C=O) groups excluding carboxylic acids is 6. The molecule has 0 bridgehead atoms. The minimum absolute atomic E-state index is 0.00100.